The van der Waals surface area contributed by atoms with Gasteiger partial charge < -0.3 is 15.1 Å². The molecule has 1 aromatic heterocycles. The molecule has 2 fully saturated rings. The third-order valence-corrected chi connectivity index (χ3v) is 5.53. The number of phenolic OH excluding ortho intramolecular Hbond substituents is 1. The number of aryl methyl sites for hydroxylation is 1. The summed E-state index contributed by atoms with van der Waals surface area (Å²) in [7, 11) is 0. The number of benzene rings is 1. The Morgan fingerprint density at radius 3 is 2.56 bits per heavy atom. The first-order valence-corrected chi connectivity index (χ1v) is 8.79. The summed E-state index contributed by atoms with van der Waals surface area (Å²) in [6.45, 7) is 3.10. The molecule has 6 nitrogen and oxygen atoms in total. The van der Waals surface area contributed by atoms with Gasteiger partial charge in [-0.25, -0.2) is 4.98 Å². The summed E-state index contributed by atoms with van der Waals surface area (Å²) in [4.78, 5) is 6.41. The van der Waals surface area contributed by atoms with Crippen LogP contribution in [-0.2, 0) is 6.18 Å². The first-order valence-electron chi connectivity index (χ1n) is 8.79. The molecular formula is C18H19F3N4O2. The van der Waals surface area contributed by atoms with Crippen molar-refractivity contribution in [2.45, 2.75) is 32.0 Å². The number of nitrogens with zero attached hydrogens (tertiary/aromatic N) is 4. The molecule has 2 heterocycles. The lowest BCUT2D eigenvalue weighted by atomic mass is 10.00. The average Bonchev–Trinajstić information content (AvgIpc) is 3.17. The topological polar surface area (TPSA) is 82.4 Å². The van der Waals surface area contributed by atoms with Crippen molar-refractivity contribution in [3.63, 3.8) is 0 Å². The lowest BCUT2D eigenvalue weighted by Gasteiger charge is -2.18. The maximum atomic E-state index is 12.8. The van der Waals surface area contributed by atoms with E-state index in [1.165, 1.54) is 6.07 Å². The maximum Gasteiger partial charge on any atom is 0.416 e. The standard InChI is InChI=1S/C18H19F3N4O2/c1-9-16(12-4-3-11(6-15(12)27)18(19,20)21)23-24-17(22-9)25-7-10-2-5-14(26)13(10)8-25/h3-4,6,10,13-14,26-27H,2,5,7-8H2,1H3/t10-,13+,14+/m0/s1. The van der Waals surface area contributed by atoms with Gasteiger partial charge in [0.15, 0.2) is 0 Å². The van der Waals surface area contributed by atoms with Crippen LogP contribution in [0.1, 0.15) is 24.1 Å². The van der Waals surface area contributed by atoms with Gasteiger partial charge in [0.05, 0.1) is 17.4 Å². The monoisotopic (exact) mass is 380 g/mol. The molecule has 0 unspecified atom stereocenters. The molecule has 0 spiro atoms. The molecule has 1 aliphatic carbocycles. The average molecular weight is 380 g/mol. The second kappa shape index (κ2) is 6.33. The highest BCUT2D eigenvalue weighted by Gasteiger charge is 2.42. The van der Waals surface area contributed by atoms with Gasteiger partial charge in [-0.3, -0.25) is 0 Å². The Balaban J connectivity index is 1.60. The lowest BCUT2D eigenvalue weighted by Crippen LogP contribution is -2.26. The number of aliphatic hydroxyl groups excluding tert-OH is 1. The minimum absolute atomic E-state index is 0.153. The van der Waals surface area contributed by atoms with E-state index in [-0.39, 0.29) is 23.3 Å². The van der Waals surface area contributed by atoms with Gasteiger partial charge in [0.1, 0.15) is 11.4 Å². The molecule has 0 radical (unpaired) electrons. The van der Waals surface area contributed by atoms with Crippen LogP contribution < -0.4 is 4.90 Å². The predicted molar refractivity (Wildman–Crippen MR) is 91.1 cm³/mol. The van der Waals surface area contributed by atoms with E-state index in [1.54, 1.807) is 6.92 Å². The highest BCUT2D eigenvalue weighted by Crippen LogP contribution is 2.40. The molecule has 2 aliphatic rings. The van der Waals surface area contributed by atoms with Crippen molar-refractivity contribution >= 4 is 5.95 Å². The van der Waals surface area contributed by atoms with Crippen LogP contribution in [0.15, 0.2) is 18.2 Å². The van der Waals surface area contributed by atoms with Crippen molar-refractivity contribution in [3.05, 3.63) is 29.5 Å². The van der Waals surface area contributed by atoms with Crippen LogP contribution in [0, 0.1) is 18.8 Å². The maximum absolute atomic E-state index is 12.8. The molecule has 1 saturated heterocycles. The number of halogens is 3. The van der Waals surface area contributed by atoms with Crippen molar-refractivity contribution in [2.24, 2.45) is 11.8 Å². The molecular weight excluding hydrogens is 361 g/mol. The summed E-state index contributed by atoms with van der Waals surface area (Å²) in [6, 6.07) is 2.74. The van der Waals surface area contributed by atoms with Crippen molar-refractivity contribution in [1.29, 1.82) is 0 Å². The zero-order valence-corrected chi connectivity index (χ0v) is 14.6. The predicted octanol–water partition coefficient (Wildman–Crippen LogP) is 2.78. The van der Waals surface area contributed by atoms with Gasteiger partial charge in [-0.15, -0.1) is 10.2 Å². The van der Waals surface area contributed by atoms with E-state index < -0.39 is 17.5 Å². The van der Waals surface area contributed by atoms with E-state index >= 15 is 0 Å². The van der Waals surface area contributed by atoms with E-state index in [9.17, 15) is 23.4 Å². The molecule has 144 valence electrons. The summed E-state index contributed by atoms with van der Waals surface area (Å²) < 4.78 is 38.3. The molecule has 27 heavy (non-hydrogen) atoms. The Morgan fingerprint density at radius 1 is 1.15 bits per heavy atom. The first kappa shape index (κ1) is 18.0. The van der Waals surface area contributed by atoms with Crippen LogP contribution >= 0.6 is 0 Å². The molecule has 2 N–H and O–H groups in total. The minimum Gasteiger partial charge on any atom is -0.507 e. The van der Waals surface area contributed by atoms with Gasteiger partial charge >= 0.3 is 6.18 Å². The fourth-order valence-electron chi connectivity index (χ4n) is 4.08. The van der Waals surface area contributed by atoms with Crippen LogP contribution in [0.3, 0.4) is 0 Å². The summed E-state index contributed by atoms with van der Waals surface area (Å²) in [5.74, 6) is 0.551. The Labute approximate surface area is 153 Å². The van der Waals surface area contributed by atoms with Crippen LogP contribution in [0.25, 0.3) is 11.3 Å². The van der Waals surface area contributed by atoms with Gasteiger partial charge in [-0.1, -0.05) is 0 Å². The molecule has 0 bridgehead atoms. The molecule has 9 heteroatoms. The third kappa shape index (κ3) is 3.20. The number of aromatic hydroxyl groups is 1. The highest BCUT2D eigenvalue weighted by atomic mass is 19.4. The third-order valence-electron chi connectivity index (χ3n) is 5.53. The van der Waals surface area contributed by atoms with Gasteiger partial charge in [0.25, 0.3) is 0 Å². The number of fused-ring (bicyclic) bond motifs is 1. The summed E-state index contributed by atoms with van der Waals surface area (Å²) in [6.07, 6.45) is -3.02. The number of hydrogen-bond donors (Lipinski definition) is 2. The Kier molecular flexibility index (Phi) is 4.21. The molecule has 2 aromatic rings. The van der Waals surface area contributed by atoms with Gasteiger partial charge in [-0.2, -0.15) is 13.2 Å². The van der Waals surface area contributed by atoms with Gasteiger partial charge in [0, 0.05) is 24.6 Å². The zero-order chi connectivity index (χ0) is 19.3. The summed E-state index contributed by atoms with van der Waals surface area (Å²) >= 11 is 0. The number of phenols is 1. The number of hydrogen-bond acceptors (Lipinski definition) is 6. The first-order chi connectivity index (χ1) is 12.7. The minimum atomic E-state index is -4.53. The smallest absolute Gasteiger partial charge is 0.416 e. The van der Waals surface area contributed by atoms with E-state index in [4.69, 9.17) is 0 Å². The Morgan fingerprint density at radius 2 is 1.93 bits per heavy atom. The van der Waals surface area contributed by atoms with Crippen LogP contribution in [0.5, 0.6) is 5.75 Å². The van der Waals surface area contributed by atoms with E-state index in [0.717, 1.165) is 25.5 Å². The number of aliphatic hydroxyl groups is 1. The lowest BCUT2D eigenvalue weighted by molar-refractivity contribution is -0.137. The van der Waals surface area contributed by atoms with Crippen molar-refractivity contribution in [2.75, 3.05) is 18.0 Å². The molecule has 3 atom stereocenters. The molecule has 1 aliphatic heterocycles. The Bertz CT molecular complexity index is 874. The normalized spacial score (nSPS) is 25.1. The number of rotatable bonds is 2. The number of alkyl halides is 3. The zero-order valence-electron chi connectivity index (χ0n) is 14.6. The highest BCUT2D eigenvalue weighted by molar-refractivity contribution is 5.69. The Hall–Kier alpha value is -2.42. The molecule has 0 amide bonds. The van der Waals surface area contributed by atoms with Gasteiger partial charge in [0.2, 0.25) is 5.95 Å². The summed E-state index contributed by atoms with van der Waals surface area (Å²) in [5.41, 5.74) is -0.0704. The fraction of sp³-hybridized carbons (Fsp3) is 0.500. The van der Waals surface area contributed by atoms with Crippen LogP contribution in [0.2, 0.25) is 0 Å². The quantitative estimate of drug-likeness (QED) is 0.834. The van der Waals surface area contributed by atoms with Crippen LogP contribution in [0.4, 0.5) is 19.1 Å². The fourth-order valence-corrected chi connectivity index (χ4v) is 4.08. The van der Waals surface area contributed by atoms with Crippen molar-refractivity contribution in [1.82, 2.24) is 15.2 Å². The van der Waals surface area contributed by atoms with Crippen LogP contribution in [-0.4, -0.2) is 44.6 Å². The molecule has 1 saturated carbocycles. The number of anilines is 1. The SMILES string of the molecule is Cc1nc(N2C[C@@H]3CC[C@@H](O)[C@@H]3C2)nnc1-c1ccc(C(F)(F)F)cc1O. The second-order valence-electron chi connectivity index (χ2n) is 7.25. The van der Waals surface area contributed by atoms with E-state index in [2.05, 4.69) is 15.2 Å². The largest absolute Gasteiger partial charge is 0.507 e. The van der Waals surface area contributed by atoms with E-state index in [1.807, 2.05) is 4.90 Å². The van der Waals surface area contributed by atoms with E-state index in [0.29, 0.717) is 30.2 Å². The molecule has 4 rings (SSSR count). The van der Waals surface area contributed by atoms with Gasteiger partial charge in [-0.05, 0) is 43.9 Å². The van der Waals surface area contributed by atoms with Crippen molar-refractivity contribution in [3.8, 4) is 17.0 Å². The number of aromatic nitrogens is 3. The summed E-state index contributed by atoms with van der Waals surface area (Å²) in [5, 5.41) is 28.3. The molecule has 1 aromatic carbocycles. The van der Waals surface area contributed by atoms with Crippen molar-refractivity contribution < 1.29 is 23.4 Å². The second-order valence-corrected chi connectivity index (χ2v) is 7.25.